The Bertz CT molecular complexity index is 1230. The van der Waals surface area contributed by atoms with Crippen molar-refractivity contribution in [1.82, 2.24) is 4.90 Å². The molecule has 0 amide bonds. The summed E-state index contributed by atoms with van der Waals surface area (Å²) in [5.74, 6) is 1.48. The van der Waals surface area contributed by atoms with E-state index >= 15 is 0 Å². The van der Waals surface area contributed by atoms with E-state index in [9.17, 15) is 5.11 Å². The van der Waals surface area contributed by atoms with Crippen LogP contribution in [0.15, 0.2) is 102 Å². The number of ether oxygens (including phenoxy) is 1. The zero-order chi connectivity index (χ0) is 24.6. The van der Waals surface area contributed by atoms with Gasteiger partial charge in [-0.3, -0.25) is 4.90 Å². The summed E-state index contributed by atoms with van der Waals surface area (Å²) in [5, 5.41) is 12.2. The molecule has 0 radical (unpaired) electrons. The molecule has 0 aliphatic carbocycles. The highest BCUT2D eigenvalue weighted by molar-refractivity contribution is 7.99. The Balaban J connectivity index is 1.19. The van der Waals surface area contributed by atoms with Crippen LogP contribution >= 0.6 is 11.8 Å². The highest BCUT2D eigenvalue weighted by atomic mass is 32.2. The number of nitrogens with zero attached hydrogens (tertiary/aromatic N) is 1. The molecule has 2 unspecified atom stereocenters. The number of hydrogen-bond acceptors (Lipinski definition) is 4. The van der Waals surface area contributed by atoms with Crippen molar-refractivity contribution in [2.45, 2.75) is 42.8 Å². The van der Waals surface area contributed by atoms with E-state index in [1.165, 1.54) is 38.8 Å². The second-order valence-electron chi connectivity index (χ2n) is 9.65. The molecule has 4 heteroatoms. The monoisotopic (exact) mass is 497 g/mol. The van der Waals surface area contributed by atoms with Gasteiger partial charge in [0.25, 0.3) is 0 Å². The Morgan fingerprint density at radius 1 is 0.833 bits per heavy atom. The Morgan fingerprint density at radius 3 is 2.39 bits per heavy atom. The fourth-order valence-electron chi connectivity index (χ4n) is 5.11. The van der Waals surface area contributed by atoms with E-state index in [4.69, 9.17) is 4.74 Å². The normalized spacial score (nSPS) is 18.5. The van der Waals surface area contributed by atoms with Gasteiger partial charge < -0.3 is 9.84 Å². The Kier molecular flexibility index (Phi) is 8.73. The van der Waals surface area contributed by atoms with Crippen LogP contribution in [0.5, 0.6) is 0 Å². The second-order valence-corrected chi connectivity index (χ2v) is 10.8. The number of hydrogen-bond donors (Lipinski definition) is 1. The summed E-state index contributed by atoms with van der Waals surface area (Å²) in [6, 6.07) is 34.8. The Hall–Kier alpha value is -2.63. The van der Waals surface area contributed by atoms with E-state index < -0.39 is 0 Å². The van der Waals surface area contributed by atoms with E-state index in [0.717, 1.165) is 31.7 Å². The van der Waals surface area contributed by atoms with Crippen LogP contribution in [0.1, 0.15) is 35.4 Å². The summed E-state index contributed by atoms with van der Waals surface area (Å²) in [6.07, 6.45) is 3.33. The van der Waals surface area contributed by atoms with Crippen LogP contribution in [0.3, 0.4) is 0 Å². The minimum Gasteiger partial charge on any atom is -0.381 e. The number of rotatable bonds is 10. The maximum atomic E-state index is 9.75. The first-order chi connectivity index (χ1) is 17.8. The molecular formula is C32H35NO2S. The van der Waals surface area contributed by atoms with Crippen LogP contribution in [-0.4, -0.2) is 41.7 Å². The zero-order valence-electron chi connectivity index (χ0n) is 20.8. The van der Waals surface area contributed by atoms with Crippen molar-refractivity contribution >= 4 is 22.5 Å². The molecule has 2 atom stereocenters. The number of thioether (sulfide) groups is 1. The molecule has 4 aromatic rings. The van der Waals surface area contributed by atoms with Gasteiger partial charge in [0, 0.05) is 23.9 Å². The largest absolute Gasteiger partial charge is 0.381 e. The molecule has 0 aromatic heterocycles. The van der Waals surface area contributed by atoms with Gasteiger partial charge in [0.05, 0.1) is 19.4 Å². The maximum absolute atomic E-state index is 9.75. The molecule has 0 spiro atoms. The van der Waals surface area contributed by atoms with Gasteiger partial charge >= 0.3 is 0 Å². The number of piperidine rings is 1. The lowest BCUT2D eigenvalue weighted by atomic mass is 9.86. The van der Waals surface area contributed by atoms with Crippen LogP contribution in [0.4, 0.5) is 0 Å². The van der Waals surface area contributed by atoms with E-state index in [0.29, 0.717) is 12.5 Å². The van der Waals surface area contributed by atoms with Crippen LogP contribution in [0, 0.1) is 0 Å². The lowest BCUT2D eigenvalue weighted by Gasteiger charge is -2.38. The van der Waals surface area contributed by atoms with Crippen LogP contribution in [-0.2, 0) is 17.8 Å². The highest BCUT2D eigenvalue weighted by Crippen LogP contribution is 2.32. The summed E-state index contributed by atoms with van der Waals surface area (Å²) in [7, 11) is 0. The van der Waals surface area contributed by atoms with Crippen molar-refractivity contribution in [1.29, 1.82) is 0 Å². The van der Waals surface area contributed by atoms with Gasteiger partial charge in [0.1, 0.15) is 0 Å². The first-order valence-corrected chi connectivity index (χ1v) is 14.0. The van der Waals surface area contributed by atoms with Crippen LogP contribution < -0.4 is 0 Å². The van der Waals surface area contributed by atoms with Crippen LogP contribution in [0.25, 0.3) is 10.8 Å². The van der Waals surface area contributed by atoms with Gasteiger partial charge in [0.2, 0.25) is 0 Å². The first-order valence-electron chi connectivity index (χ1n) is 13.0. The lowest BCUT2D eigenvalue weighted by Crippen LogP contribution is -2.44. The summed E-state index contributed by atoms with van der Waals surface area (Å²) in [4.78, 5) is 3.43. The predicted molar refractivity (Wildman–Crippen MR) is 150 cm³/mol. The third-order valence-electron chi connectivity index (χ3n) is 7.15. The molecule has 186 valence electrons. The molecule has 3 nitrogen and oxygen atoms in total. The number of aliphatic hydroxyl groups is 1. The van der Waals surface area contributed by atoms with Gasteiger partial charge in [-0.25, -0.2) is 0 Å². The molecule has 4 aromatic carbocycles. The van der Waals surface area contributed by atoms with E-state index in [-0.39, 0.29) is 12.8 Å². The molecule has 1 N–H and O–H groups in total. The Labute approximate surface area is 219 Å². The number of benzene rings is 4. The summed E-state index contributed by atoms with van der Waals surface area (Å²) in [5.41, 5.74) is 3.93. The molecule has 1 fully saturated rings. The first kappa shape index (κ1) is 25.0. The van der Waals surface area contributed by atoms with Crippen molar-refractivity contribution in [2.24, 2.45) is 0 Å². The molecule has 0 saturated carbocycles. The third-order valence-corrected chi connectivity index (χ3v) is 8.25. The fraction of sp³-hybridized carbons (Fsp3) is 0.312. The van der Waals surface area contributed by atoms with Crippen molar-refractivity contribution in [2.75, 3.05) is 25.6 Å². The SMILES string of the molecule is OCN1CCC(c2ccc(CCCSc3ccccc3)cc2)C(OCc2ccc3ccccc3c2)C1. The maximum Gasteiger partial charge on any atom is 0.0957 e. The molecular weight excluding hydrogens is 462 g/mol. The summed E-state index contributed by atoms with van der Waals surface area (Å²) < 4.78 is 6.51. The van der Waals surface area contributed by atoms with Gasteiger partial charge in [-0.2, -0.15) is 0 Å². The highest BCUT2D eigenvalue weighted by Gasteiger charge is 2.31. The van der Waals surface area contributed by atoms with Crippen molar-refractivity contribution in [3.63, 3.8) is 0 Å². The quantitative estimate of drug-likeness (QED) is 0.191. The molecule has 1 saturated heterocycles. The number of likely N-dealkylation sites (tertiary alicyclic amines) is 1. The molecule has 36 heavy (non-hydrogen) atoms. The standard InChI is InChI=1S/C32H35NO2S/c34-24-33-19-18-31(32(22-33)35-23-26-14-15-27-8-4-5-9-29(27)21-26)28-16-12-25(13-17-28)7-6-20-36-30-10-2-1-3-11-30/h1-5,8-17,21,31-32,34H,6-7,18-20,22-24H2. The third kappa shape index (κ3) is 6.57. The average molecular weight is 498 g/mol. The van der Waals surface area contributed by atoms with Gasteiger partial charge in [-0.05, 0) is 70.7 Å². The van der Waals surface area contributed by atoms with Gasteiger partial charge in [0.15, 0.2) is 0 Å². The van der Waals surface area contributed by atoms with Crippen molar-refractivity contribution < 1.29 is 9.84 Å². The van der Waals surface area contributed by atoms with E-state index in [1.54, 1.807) is 0 Å². The average Bonchev–Trinajstić information content (AvgIpc) is 2.95. The number of aliphatic hydroxyl groups excluding tert-OH is 1. The Morgan fingerprint density at radius 2 is 1.58 bits per heavy atom. The molecule has 1 aliphatic heterocycles. The number of fused-ring (bicyclic) bond motifs is 1. The summed E-state index contributed by atoms with van der Waals surface area (Å²) in [6.45, 7) is 2.33. The second kappa shape index (κ2) is 12.6. The van der Waals surface area contributed by atoms with Gasteiger partial charge in [-0.15, -0.1) is 11.8 Å². The molecule has 1 aliphatic rings. The van der Waals surface area contributed by atoms with Crippen molar-refractivity contribution in [3.05, 3.63) is 114 Å². The van der Waals surface area contributed by atoms with E-state index in [1.807, 2.05) is 11.8 Å². The fourth-order valence-corrected chi connectivity index (χ4v) is 5.98. The predicted octanol–water partition coefficient (Wildman–Crippen LogP) is 6.89. The number of aryl methyl sites for hydroxylation is 1. The van der Waals surface area contributed by atoms with E-state index in [2.05, 4.69) is 102 Å². The lowest BCUT2D eigenvalue weighted by molar-refractivity contribution is -0.0442. The van der Waals surface area contributed by atoms with Crippen LogP contribution in [0.2, 0.25) is 0 Å². The topological polar surface area (TPSA) is 32.7 Å². The molecule has 5 rings (SSSR count). The summed E-state index contributed by atoms with van der Waals surface area (Å²) >= 11 is 1.93. The minimum absolute atomic E-state index is 0.0606. The van der Waals surface area contributed by atoms with Crippen molar-refractivity contribution in [3.8, 4) is 0 Å². The smallest absolute Gasteiger partial charge is 0.0957 e. The minimum atomic E-state index is 0.0606. The molecule has 1 heterocycles. The molecule has 0 bridgehead atoms. The zero-order valence-corrected chi connectivity index (χ0v) is 21.6. The van der Waals surface area contributed by atoms with Gasteiger partial charge in [-0.1, -0.05) is 78.9 Å².